The SMILES string of the molecule is CN(CC(=O)NC(=O)NC(C)(C)C)C1CCS(=O)(=O)C1. The molecule has 7 nitrogen and oxygen atoms in total. The fourth-order valence-electron chi connectivity index (χ4n) is 2.02. The van der Waals surface area contributed by atoms with Crippen molar-refractivity contribution in [2.75, 3.05) is 25.1 Å². The zero-order chi connectivity index (χ0) is 15.6. The molecule has 0 aromatic heterocycles. The van der Waals surface area contributed by atoms with Gasteiger partial charge in [0.25, 0.3) is 0 Å². The van der Waals surface area contributed by atoms with Crippen molar-refractivity contribution >= 4 is 21.8 Å². The van der Waals surface area contributed by atoms with E-state index in [0.717, 1.165) is 0 Å². The summed E-state index contributed by atoms with van der Waals surface area (Å²) in [6.07, 6.45) is 0.528. The minimum atomic E-state index is -2.98. The van der Waals surface area contributed by atoms with Crippen molar-refractivity contribution in [2.24, 2.45) is 0 Å². The van der Waals surface area contributed by atoms with Crippen LogP contribution in [-0.4, -0.2) is 61.9 Å². The summed E-state index contributed by atoms with van der Waals surface area (Å²) in [6.45, 7) is 5.43. The van der Waals surface area contributed by atoms with Crippen LogP contribution < -0.4 is 10.6 Å². The number of nitrogens with one attached hydrogen (secondary N) is 2. The lowest BCUT2D eigenvalue weighted by molar-refractivity contribution is -0.121. The molecule has 0 aromatic carbocycles. The number of sulfone groups is 1. The molecule has 0 saturated carbocycles. The Morgan fingerprint density at radius 3 is 2.35 bits per heavy atom. The van der Waals surface area contributed by atoms with Gasteiger partial charge in [0.2, 0.25) is 5.91 Å². The maximum Gasteiger partial charge on any atom is 0.321 e. The molecular formula is C12H23N3O4S. The van der Waals surface area contributed by atoms with E-state index in [4.69, 9.17) is 0 Å². The van der Waals surface area contributed by atoms with E-state index in [2.05, 4.69) is 10.6 Å². The van der Waals surface area contributed by atoms with Gasteiger partial charge >= 0.3 is 6.03 Å². The monoisotopic (exact) mass is 305 g/mol. The highest BCUT2D eigenvalue weighted by Gasteiger charge is 2.31. The maximum atomic E-state index is 11.7. The molecule has 1 atom stereocenters. The Morgan fingerprint density at radius 1 is 1.30 bits per heavy atom. The molecule has 1 unspecified atom stereocenters. The summed E-state index contributed by atoms with van der Waals surface area (Å²) in [6, 6.07) is -0.702. The van der Waals surface area contributed by atoms with Crippen LogP contribution in [0.2, 0.25) is 0 Å². The van der Waals surface area contributed by atoms with E-state index in [9.17, 15) is 18.0 Å². The fourth-order valence-corrected chi connectivity index (χ4v) is 3.82. The van der Waals surface area contributed by atoms with Crippen LogP contribution in [0.25, 0.3) is 0 Å². The summed E-state index contributed by atoms with van der Waals surface area (Å²) >= 11 is 0. The van der Waals surface area contributed by atoms with Crippen LogP contribution >= 0.6 is 0 Å². The molecular weight excluding hydrogens is 282 g/mol. The Balaban J connectivity index is 2.41. The molecule has 0 aliphatic carbocycles. The molecule has 0 aromatic rings. The average Bonchev–Trinajstić information content (AvgIpc) is 2.55. The molecule has 1 rings (SSSR count). The summed E-state index contributed by atoms with van der Waals surface area (Å²) in [5, 5.41) is 4.85. The quantitative estimate of drug-likeness (QED) is 0.748. The van der Waals surface area contributed by atoms with Gasteiger partial charge in [-0.25, -0.2) is 13.2 Å². The number of carbonyl (C=O) groups is 2. The number of imide groups is 1. The van der Waals surface area contributed by atoms with Gasteiger partial charge in [-0.3, -0.25) is 15.0 Å². The third-order valence-corrected chi connectivity index (χ3v) is 4.72. The fraction of sp³-hybridized carbons (Fsp3) is 0.833. The second kappa shape index (κ2) is 6.09. The molecule has 8 heteroatoms. The van der Waals surface area contributed by atoms with E-state index in [0.29, 0.717) is 6.42 Å². The van der Waals surface area contributed by atoms with Crippen molar-refractivity contribution in [3.8, 4) is 0 Å². The van der Waals surface area contributed by atoms with Crippen LogP contribution in [0.15, 0.2) is 0 Å². The first-order valence-corrected chi connectivity index (χ1v) is 8.33. The molecule has 0 spiro atoms. The number of likely N-dealkylation sites (N-methyl/N-ethyl adjacent to an activating group) is 1. The molecule has 116 valence electrons. The van der Waals surface area contributed by atoms with E-state index >= 15 is 0 Å². The smallest absolute Gasteiger partial charge is 0.321 e. The first-order valence-electron chi connectivity index (χ1n) is 6.51. The predicted molar refractivity (Wildman–Crippen MR) is 76.1 cm³/mol. The Morgan fingerprint density at radius 2 is 1.90 bits per heavy atom. The molecule has 1 fully saturated rings. The molecule has 2 N–H and O–H groups in total. The number of carbonyl (C=O) groups excluding carboxylic acids is 2. The van der Waals surface area contributed by atoms with Crippen molar-refractivity contribution < 1.29 is 18.0 Å². The van der Waals surface area contributed by atoms with Gasteiger partial charge < -0.3 is 5.32 Å². The molecule has 0 radical (unpaired) electrons. The summed E-state index contributed by atoms with van der Waals surface area (Å²) in [4.78, 5) is 24.9. The number of hydrogen-bond donors (Lipinski definition) is 2. The second-order valence-electron chi connectivity index (χ2n) is 6.22. The molecule has 1 aliphatic heterocycles. The first-order chi connectivity index (χ1) is 8.98. The Bertz CT molecular complexity index is 481. The Kier molecular flexibility index (Phi) is 5.15. The normalized spacial score (nSPS) is 21.8. The van der Waals surface area contributed by atoms with Crippen LogP contribution in [0.5, 0.6) is 0 Å². The van der Waals surface area contributed by atoms with Crippen LogP contribution in [0.1, 0.15) is 27.2 Å². The predicted octanol–water partition coefficient (Wildman–Crippen LogP) is -0.270. The van der Waals surface area contributed by atoms with Crippen LogP contribution in [0, 0.1) is 0 Å². The van der Waals surface area contributed by atoms with Gasteiger partial charge in [0.15, 0.2) is 9.84 Å². The van der Waals surface area contributed by atoms with Gasteiger partial charge in [0, 0.05) is 11.6 Å². The number of amides is 3. The lowest BCUT2D eigenvalue weighted by atomic mass is 10.1. The lowest BCUT2D eigenvalue weighted by Crippen LogP contribution is -2.50. The van der Waals surface area contributed by atoms with E-state index < -0.39 is 27.3 Å². The first kappa shape index (κ1) is 16.9. The van der Waals surface area contributed by atoms with Crippen molar-refractivity contribution in [2.45, 2.75) is 38.8 Å². The van der Waals surface area contributed by atoms with Crippen LogP contribution in [-0.2, 0) is 14.6 Å². The molecule has 20 heavy (non-hydrogen) atoms. The molecule has 1 saturated heterocycles. The van der Waals surface area contributed by atoms with Gasteiger partial charge in [0.05, 0.1) is 18.1 Å². The highest BCUT2D eigenvalue weighted by Crippen LogP contribution is 2.15. The number of hydrogen-bond acceptors (Lipinski definition) is 5. The third kappa shape index (κ3) is 5.87. The number of rotatable bonds is 3. The third-order valence-electron chi connectivity index (χ3n) is 2.97. The van der Waals surface area contributed by atoms with Gasteiger partial charge in [-0.2, -0.15) is 0 Å². The summed E-state index contributed by atoms with van der Waals surface area (Å²) < 4.78 is 22.7. The van der Waals surface area contributed by atoms with E-state index in [-0.39, 0.29) is 24.1 Å². The van der Waals surface area contributed by atoms with E-state index in [1.165, 1.54) is 0 Å². The van der Waals surface area contributed by atoms with E-state index in [1.54, 1.807) is 11.9 Å². The van der Waals surface area contributed by atoms with Crippen molar-refractivity contribution in [3.63, 3.8) is 0 Å². The highest BCUT2D eigenvalue weighted by molar-refractivity contribution is 7.91. The van der Waals surface area contributed by atoms with Crippen molar-refractivity contribution in [3.05, 3.63) is 0 Å². The average molecular weight is 305 g/mol. The Hall–Kier alpha value is -1.15. The lowest BCUT2D eigenvalue weighted by Gasteiger charge is -2.23. The molecule has 1 aliphatic rings. The zero-order valence-electron chi connectivity index (χ0n) is 12.4. The number of nitrogens with zero attached hydrogens (tertiary/aromatic N) is 1. The van der Waals surface area contributed by atoms with Crippen molar-refractivity contribution in [1.82, 2.24) is 15.5 Å². The standard InChI is InChI=1S/C12H23N3O4S/c1-12(2,3)14-11(17)13-10(16)7-15(4)9-5-6-20(18,19)8-9/h9H,5-8H2,1-4H3,(H2,13,14,16,17). The Labute approximate surface area is 120 Å². The summed E-state index contributed by atoms with van der Waals surface area (Å²) in [7, 11) is -1.29. The van der Waals surface area contributed by atoms with Gasteiger partial charge in [-0.15, -0.1) is 0 Å². The van der Waals surface area contributed by atoms with Crippen LogP contribution in [0.4, 0.5) is 4.79 Å². The van der Waals surface area contributed by atoms with Crippen molar-refractivity contribution in [1.29, 1.82) is 0 Å². The molecule has 1 heterocycles. The largest absolute Gasteiger partial charge is 0.333 e. The van der Waals surface area contributed by atoms with Gasteiger partial charge in [-0.05, 0) is 34.2 Å². The minimum Gasteiger partial charge on any atom is -0.333 e. The topological polar surface area (TPSA) is 95.6 Å². The van der Waals surface area contributed by atoms with Crippen LogP contribution in [0.3, 0.4) is 0 Å². The summed E-state index contributed by atoms with van der Waals surface area (Å²) in [5.74, 6) is -0.211. The molecule has 0 bridgehead atoms. The van der Waals surface area contributed by atoms with Gasteiger partial charge in [-0.1, -0.05) is 0 Å². The van der Waals surface area contributed by atoms with E-state index in [1.807, 2.05) is 20.8 Å². The maximum absolute atomic E-state index is 11.7. The zero-order valence-corrected chi connectivity index (χ0v) is 13.2. The van der Waals surface area contributed by atoms with Gasteiger partial charge in [0.1, 0.15) is 0 Å². The summed E-state index contributed by atoms with van der Waals surface area (Å²) in [5.41, 5.74) is -0.421. The second-order valence-corrected chi connectivity index (χ2v) is 8.45. The number of urea groups is 1. The molecule has 3 amide bonds. The highest BCUT2D eigenvalue weighted by atomic mass is 32.2. The minimum absolute atomic E-state index is 0.00223.